The molecule has 0 aromatic carbocycles. The quantitative estimate of drug-likeness (QED) is 0.718. The van der Waals surface area contributed by atoms with E-state index >= 15 is 0 Å². The van der Waals surface area contributed by atoms with E-state index in [1.807, 2.05) is 24.9 Å². The van der Waals surface area contributed by atoms with Crippen LogP contribution in [0.15, 0.2) is 24.9 Å². The minimum absolute atomic E-state index is 0.0589. The molecule has 16 heavy (non-hydrogen) atoms. The maximum Gasteiger partial charge on any atom is 0.183 e. The molecule has 0 unspecified atom stereocenters. The summed E-state index contributed by atoms with van der Waals surface area (Å²) < 4.78 is 3.69. The molecule has 0 N–H and O–H groups in total. The molecule has 0 saturated carbocycles. The first-order chi connectivity index (χ1) is 7.66. The molecule has 0 aliphatic carbocycles. The molecule has 0 aliphatic rings. The number of carbonyl (C=O) groups is 1. The molecular weight excluding hydrogens is 204 g/mol. The van der Waals surface area contributed by atoms with Gasteiger partial charge >= 0.3 is 0 Å². The van der Waals surface area contributed by atoms with E-state index in [1.54, 1.807) is 23.3 Å². The lowest BCUT2D eigenvalue weighted by atomic mass is 10.2. The monoisotopic (exact) mass is 218 g/mol. The predicted molar refractivity (Wildman–Crippen MR) is 59.1 cm³/mol. The van der Waals surface area contributed by atoms with E-state index in [4.69, 9.17) is 0 Å². The second kappa shape index (κ2) is 4.30. The number of aryl methyl sites for hydroxylation is 3. The Balaban J connectivity index is 1.96. The SMILES string of the molecule is Cn1cnc(C(=O)CCc2nccn2C)c1. The highest BCUT2D eigenvalue weighted by atomic mass is 16.1. The zero-order chi connectivity index (χ0) is 11.5. The Hall–Kier alpha value is -1.91. The molecule has 2 heterocycles. The molecule has 0 saturated heterocycles. The number of aromatic nitrogens is 4. The van der Waals surface area contributed by atoms with Crippen LogP contribution in [0.25, 0.3) is 0 Å². The van der Waals surface area contributed by atoms with E-state index < -0.39 is 0 Å². The van der Waals surface area contributed by atoms with Gasteiger partial charge in [-0.2, -0.15) is 0 Å². The highest BCUT2D eigenvalue weighted by molar-refractivity contribution is 5.94. The van der Waals surface area contributed by atoms with Crippen LogP contribution in [0, 0.1) is 0 Å². The lowest BCUT2D eigenvalue weighted by Crippen LogP contribution is -2.05. The van der Waals surface area contributed by atoms with E-state index in [9.17, 15) is 4.79 Å². The van der Waals surface area contributed by atoms with Crippen LogP contribution in [0.2, 0.25) is 0 Å². The molecule has 0 amide bonds. The van der Waals surface area contributed by atoms with Crippen molar-refractivity contribution in [3.63, 3.8) is 0 Å². The number of nitrogens with zero attached hydrogens (tertiary/aromatic N) is 4. The Morgan fingerprint density at radius 3 is 2.75 bits per heavy atom. The smallest absolute Gasteiger partial charge is 0.183 e. The van der Waals surface area contributed by atoms with Crippen LogP contribution in [-0.4, -0.2) is 24.9 Å². The van der Waals surface area contributed by atoms with Gasteiger partial charge in [0.25, 0.3) is 0 Å². The molecule has 0 fully saturated rings. The summed E-state index contributed by atoms with van der Waals surface area (Å²) >= 11 is 0. The van der Waals surface area contributed by atoms with Crippen molar-refractivity contribution < 1.29 is 4.79 Å². The topological polar surface area (TPSA) is 52.7 Å². The summed E-state index contributed by atoms with van der Waals surface area (Å²) in [7, 11) is 3.77. The molecule has 5 nitrogen and oxygen atoms in total. The Kier molecular flexibility index (Phi) is 2.85. The van der Waals surface area contributed by atoms with Gasteiger partial charge in [0.1, 0.15) is 11.5 Å². The van der Waals surface area contributed by atoms with Crippen LogP contribution in [0.5, 0.6) is 0 Å². The maximum absolute atomic E-state index is 11.8. The molecular formula is C11H14N4O. The van der Waals surface area contributed by atoms with Crippen molar-refractivity contribution in [2.75, 3.05) is 0 Å². The number of imidazole rings is 2. The van der Waals surface area contributed by atoms with Gasteiger partial charge in [0, 0.05) is 45.5 Å². The number of hydrogen-bond acceptors (Lipinski definition) is 3. The van der Waals surface area contributed by atoms with Gasteiger partial charge in [-0.3, -0.25) is 4.79 Å². The van der Waals surface area contributed by atoms with Gasteiger partial charge in [-0.05, 0) is 0 Å². The van der Waals surface area contributed by atoms with Gasteiger partial charge in [-0.25, -0.2) is 9.97 Å². The third-order valence-corrected chi connectivity index (χ3v) is 2.49. The summed E-state index contributed by atoms with van der Waals surface area (Å²) in [5.41, 5.74) is 0.525. The molecule has 0 spiro atoms. The van der Waals surface area contributed by atoms with Crippen LogP contribution in [-0.2, 0) is 20.5 Å². The van der Waals surface area contributed by atoms with Crippen molar-refractivity contribution in [1.82, 2.24) is 19.1 Å². The zero-order valence-electron chi connectivity index (χ0n) is 9.42. The first-order valence-corrected chi connectivity index (χ1v) is 5.14. The lowest BCUT2D eigenvalue weighted by Gasteiger charge is -1.99. The normalized spacial score (nSPS) is 10.6. The van der Waals surface area contributed by atoms with Gasteiger partial charge in [-0.1, -0.05) is 0 Å². The Labute approximate surface area is 93.8 Å². The maximum atomic E-state index is 11.8. The van der Waals surface area contributed by atoms with Crippen molar-refractivity contribution in [1.29, 1.82) is 0 Å². The summed E-state index contributed by atoms with van der Waals surface area (Å²) in [4.78, 5) is 19.9. The highest BCUT2D eigenvalue weighted by Gasteiger charge is 2.10. The van der Waals surface area contributed by atoms with E-state index in [-0.39, 0.29) is 5.78 Å². The average molecular weight is 218 g/mol. The van der Waals surface area contributed by atoms with Crippen LogP contribution in [0.4, 0.5) is 0 Å². The fraction of sp³-hybridized carbons (Fsp3) is 0.364. The number of ketones is 1. The Bertz CT molecular complexity index is 498. The minimum Gasteiger partial charge on any atom is -0.340 e. The summed E-state index contributed by atoms with van der Waals surface area (Å²) in [6, 6.07) is 0. The van der Waals surface area contributed by atoms with Crippen molar-refractivity contribution in [2.24, 2.45) is 14.1 Å². The van der Waals surface area contributed by atoms with Crippen molar-refractivity contribution >= 4 is 5.78 Å². The average Bonchev–Trinajstić information content (AvgIpc) is 2.84. The number of rotatable bonds is 4. The van der Waals surface area contributed by atoms with Gasteiger partial charge in [0.05, 0.1) is 6.33 Å². The molecule has 2 aromatic rings. The van der Waals surface area contributed by atoms with Crippen molar-refractivity contribution in [3.05, 3.63) is 36.4 Å². The van der Waals surface area contributed by atoms with Gasteiger partial charge in [0.2, 0.25) is 0 Å². The van der Waals surface area contributed by atoms with E-state index in [1.165, 1.54) is 0 Å². The molecule has 2 aromatic heterocycles. The zero-order valence-corrected chi connectivity index (χ0v) is 9.42. The van der Waals surface area contributed by atoms with E-state index in [0.29, 0.717) is 18.5 Å². The second-order valence-corrected chi connectivity index (χ2v) is 3.80. The standard InChI is InChI=1S/C11H14N4O/c1-14-7-9(13-8-14)10(16)3-4-11-12-5-6-15(11)2/h5-8H,3-4H2,1-2H3. The molecule has 2 rings (SSSR count). The predicted octanol–water partition coefficient (Wildman–Crippen LogP) is 0.969. The fourth-order valence-corrected chi connectivity index (χ4v) is 1.55. The van der Waals surface area contributed by atoms with Crippen LogP contribution in [0.1, 0.15) is 22.7 Å². The van der Waals surface area contributed by atoms with E-state index in [0.717, 1.165) is 5.82 Å². The molecule has 84 valence electrons. The second-order valence-electron chi connectivity index (χ2n) is 3.80. The molecule has 5 heteroatoms. The highest BCUT2D eigenvalue weighted by Crippen LogP contribution is 2.04. The largest absolute Gasteiger partial charge is 0.340 e. The fourth-order valence-electron chi connectivity index (χ4n) is 1.55. The number of carbonyl (C=O) groups excluding carboxylic acids is 1. The summed E-state index contributed by atoms with van der Waals surface area (Å²) in [5, 5.41) is 0. The van der Waals surface area contributed by atoms with Gasteiger partial charge < -0.3 is 9.13 Å². The molecule has 0 atom stereocenters. The van der Waals surface area contributed by atoms with E-state index in [2.05, 4.69) is 9.97 Å². The third kappa shape index (κ3) is 2.18. The van der Waals surface area contributed by atoms with Crippen LogP contribution >= 0.6 is 0 Å². The van der Waals surface area contributed by atoms with Crippen molar-refractivity contribution in [3.8, 4) is 0 Å². The lowest BCUT2D eigenvalue weighted by molar-refractivity contribution is 0.0977. The van der Waals surface area contributed by atoms with Gasteiger partial charge in [0.15, 0.2) is 5.78 Å². The first-order valence-electron chi connectivity index (χ1n) is 5.14. The molecule has 0 bridgehead atoms. The van der Waals surface area contributed by atoms with Crippen molar-refractivity contribution in [2.45, 2.75) is 12.8 Å². The number of hydrogen-bond donors (Lipinski definition) is 0. The third-order valence-electron chi connectivity index (χ3n) is 2.49. The van der Waals surface area contributed by atoms with Crippen LogP contribution in [0.3, 0.4) is 0 Å². The first kappa shape index (κ1) is 10.6. The van der Waals surface area contributed by atoms with Crippen LogP contribution < -0.4 is 0 Å². The number of Topliss-reactive ketones (excluding diaryl/α,β-unsaturated/α-hetero) is 1. The summed E-state index contributed by atoms with van der Waals surface area (Å²) in [6.45, 7) is 0. The molecule has 0 aliphatic heterocycles. The Morgan fingerprint density at radius 1 is 1.38 bits per heavy atom. The molecule has 0 radical (unpaired) electrons. The van der Waals surface area contributed by atoms with Gasteiger partial charge in [-0.15, -0.1) is 0 Å². The minimum atomic E-state index is 0.0589. The Morgan fingerprint density at radius 2 is 2.19 bits per heavy atom. The summed E-state index contributed by atoms with van der Waals surface area (Å²) in [5.74, 6) is 0.980. The summed E-state index contributed by atoms with van der Waals surface area (Å²) in [6.07, 6.45) is 8.08.